The Kier molecular flexibility index (Phi) is 5.56. The Morgan fingerprint density at radius 3 is 2.65 bits per heavy atom. The highest BCUT2D eigenvalue weighted by Crippen LogP contribution is 2.29. The van der Waals surface area contributed by atoms with Crippen LogP contribution in [0.2, 0.25) is 0 Å². The molecule has 0 spiro atoms. The normalized spacial score (nSPS) is 10.7. The second-order valence-electron chi connectivity index (χ2n) is 4.84. The fourth-order valence-electron chi connectivity index (χ4n) is 2.36. The minimum atomic E-state index is 0.187. The van der Waals surface area contributed by atoms with Gasteiger partial charge in [0.15, 0.2) is 5.75 Å². The number of hydroxylamine groups is 1. The van der Waals surface area contributed by atoms with Gasteiger partial charge in [0.2, 0.25) is 0 Å². The highest BCUT2D eigenvalue weighted by atomic mass is 16.6. The summed E-state index contributed by atoms with van der Waals surface area (Å²) in [6.45, 7) is 2.40. The van der Waals surface area contributed by atoms with Gasteiger partial charge < -0.3 is 9.63 Å². The molecule has 0 saturated heterocycles. The topological polar surface area (TPSA) is 38.3 Å². The zero-order valence-corrected chi connectivity index (χ0v) is 11.9. The first kappa shape index (κ1) is 14.5. The van der Waals surface area contributed by atoms with Crippen molar-refractivity contribution in [2.45, 2.75) is 32.6 Å². The standard InChI is InChI=1S/C17H21NO2/c1-2-3-4-7-14-10-11-17(20-18-12-13-19)16-9-6-5-8-15(14)16/h5-6,8-11,13,18H,2-4,7,12H2,1H3. The smallest absolute Gasteiger partial charge is 0.155 e. The van der Waals surface area contributed by atoms with Gasteiger partial charge in [-0.25, -0.2) is 0 Å². The van der Waals surface area contributed by atoms with Gasteiger partial charge in [-0.1, -0.05) is 50.1 Å². The highest BCUT2D eigenvalue weighted by molar-refractivity contribution is 5.91. The lowest BCUT2D eigenvalue weighted by atomic mass is 9.99. The SMILES string of the molecule is CCCCCc1ccc(ONCC=O)c2ccccc12. The molecule has 0 amide bonds. The summed E-state index contributed by atoms with van der Waals surface area (Å²) in [5, 5.41) is 2.31. The Morgan fingerprint density at radius 2 is 1.90 bits per heavy atom. The monoisotopic (exact) mass is 271 g/mol. The number of nitrogens with one attached hydrogen (secondary N) is 1. The lowest BCUT2D eigenvalue weighted by Gasteiger charge is -2.11. The maximum absolute atomic E-state index is 10.3. The van der Waals surface area contributed by atoms with Crippen molar-refractivity contribution in [3.63, 3.8) is 0 Å². The van der Waals surface area contributed by atoms with Gasteiger partial charge in [0.25, 0.3) is 0 Å². The van der Waals surface area contributed by atoms with E-state index in [2.05, 4.69) is 30.6 Å². The van der Waals surface area contributed by atoms with Crippen molar-refractivity contribution in [3.8, 4) is 5.75 Å². The Balaban J connectivity index is 2.24. The second-order valence-corrected chi connectivity index (χ2v) is 4.84. The molecule has 0 radical (unpaired) electrons. The lowest BCUT2D eigenvalue weighted by molar-refractivity contribution is -0.108. The summed E-state index contributed by atoms with van der Waals surface area (Å²) >= 11 is 0. The van der Waals surface area contributed by atoms with Crippen LogP contribution in [0.4, 0.5) is 0 Å². The number of aryl methyl sites for hydroxylation is 1. The second kappa shape index (κ2) is 7.65. The van der Waals surface area contributed by atoms with E-state index in [4.69, 9.17) is 4.84 Å². The van der Waals surface area contributed by atoms with Crippen LogP contribution >= 0.6 is 0 Å². The van der Waals surface area contributed by atoms with E-state index in [0.717, 1.165) is 23.8 Å². The molecule has 0 fully saturated rings. The predicted molar refractivity (Wildman–Crippen MR) is 81.9 cm³/mol. The van der Waals surface area contributed by atoms with Crippen LogP contribution in [-0.2, 0) is 11.2 Å². The minimum absolute atomic E-state index is 0.187. The minimum Gasteiger partial charge on any atom is -0.408 e. The van der Waals surface area contributed by atoms with Crippen molar-refractivity contribution in [1.82, 2.24) is 5.48 Å². The summed E-state index contributed by atoms with van der Waals surface area (Å²) in [6.07, 6.45) is 5.57. The molecule has 106 valence electrons. The number of unbranched alkanes of at least 4 members (excludes halogenated alkanes) is 2. The molecule has 0 saturated carbocycles. The van der Waals surface area contributed by atoms with Crippen molar-refractivity contribution in [3.05, 3.63) is 42.0 Å². The van der Waals surface area contributed by atoms with E-state index in [0.29, 0.717) is 0 Å². The number of carbonyl (C=O) groups excluding carboxylic acids is 1. The number of hydrogen-bond donors (Lipinski definition) is 1. The number of fused-ring (bicyclic) bond motifs is 1. The molecule has 0 bridgehead atoms. The number of rotatable bonds is 8. The Bertz CT molecular complexity index is 566. The molecule has 0 aliphatic rings. The summed E-state index contributed by atoms with van der Waals surface area (Å²) in [4.78, 5) is 15.8. The molecule has 0 atom stereocenters. The van der Waals surface area contributed by atoms with E-state index in [9.17, 15) is 4.79 Å². The summed E-state index contributed by atoms with van der Waals surface area (Å²) in [5.41, 5.74) is 4.01. The van der Waals surface area contributed by atoms with Crippen LogP contribution in [-0.4, -0.2) is 12.8 Å². The van der Waals surface area contributed by atoms with Crippen molar-refractivity contribution < 1.29 is 9.63 Å². The van der Waals surface area contributed by atoms with Crippen LogP contribution in [0.1, 0.15) is 31.7 Å². The molecule has 0 aromatic heterocycles. The zero-order chi connectivity index (χ0) is 14.2. The van der Waals surface area contributed by atoms with Gasteiger partial charge in [-0.2, -0.15) is 0 Å². The first-order chi connectivity index (χ1) is 9.86. The maximum Gasteiger partial charge on any atom is 0.155 e. The van der Waals surface area contributed by atoms with E-state index in [1.54, 1.807) is 0 Å². The first-order valence-electron chi connectivity index (χ1n) is 7.20. The molecule has 2 aromatic carbocycles. The Labute approximate surface area is 119 Å². The molecule has 3 heteroatoms. The summed E-state index contributed by atoms with van der Waals surface area (Å²) in [6, 6.07) is 12.3. The first-order valence-corrected chi connectivity index (χ1v) is 7.20. The van der Waals surface area contributed by atoms with Crippen LogP contribution in [0.25, 0.3) is 10.8 Å². The largest absolute Gasteiger partial charge is 0.408 e. The van der Waals surface area contributed by atoms with E-state index in [1.807, 2.05) is 18.2 Å². The third-order valence-corrected chi connectivity index (χ3v) is 3.37. The average Bonchev–Trinajstić information content (AvgIpc) is 2.49. The molecule has 0 aliphatic heterocycles. The molecule has 20 heavy (non-hydrogen) atoms. The zero-order valence-electron chi connectivity index (χ0n) is 11.9. The number of benzene rings is 2. The van der Waals surface area contributed by atoms with Crippen LogP contribution < -0.4 is 10.3 Å². The lowest BCUT2D eigenvalue weighted by Crippen LogP contribution is -2.20. The fourth-order valence-corrected chi connectivity index (χ4v) is 2.36. The van der Waals surface area contributed by atoms with Gasteiger partial charge in [-0.3, -0.25) is 0 Å². The quantitative estimate of drug-likeness (QED) is 0.452. The fraction of sp³-hybridized carbons (Fsp3) is 0.353. The Hall–Kier alpha value is -1.87. The van der Waals surface area contributed by atoms with Crippen LogP contribution in [0.5, 0.6) is 5.75 Å². The van der Waals surface area contributed by atoms with Crippen molar-refractivity contribution in [2.24, 2.45) is 0 Å². The predicted octanol–water partition coefficient (Wildman–Crippen LogP) is 3.65. The number of aldehydes is 1. The third kappa shape index (κ3) is 3.58. The molecule has 2 aromatic rings. The molecule has 2 rings (SSSR count). The van der Waals surface area contributed by atoms with E-state index in [-0.39, 0.29) is 6.54 Å². The van der Waals surface area contributed by atoms with Crippen molar-refractivity contribution in [2.75, 3.05) is 6.54 Å². The average molecular weight is 271 g/mol. The van der Waals surface area contributed by atoms with Crippen LogP contribution in [0, 0.1) is 0 Å². The van der Waals surface area contributed by atoms with Gasteiger partial charge in [-0.05, 0) is 29.9 Å². The summed E-state index contributed by atoms with van der Waals surface area (Å²) in [7, 11) is 0. The number of carbonyl (C=O) groups is 1. The van der Waals surface area contributed by atoms with Gasteiger partial charge in [0.05, 0.1) is 6.54 Å². The maximum atomic E-state index is 10.3. The molecule has 0 heterocycles. The van der Waals surface area contributed by atoms with Gasteiger partial charge in [0.1, 0.15) is 6.29 Å². The van der Waals surface area contributed by atoms with Crippen molar-refractivity contribution in [1.29, 1.82) is 0 Å². The van der Waals surface area contributed by atoms with Crippen LogP contribution in [0.3, 0.4) is 0 Å². The van der Waals surface area contributed by atoms with E-state index in [1.165, 1.54) is 30.2 Å². The summed E-state index contributed by atoms with van der Waals surface area (Å²) < 4.78 is 0. The molecule has 3 nitrogen and oxygen atoms in total. The van der Waals surface area contributed by atoms with E-state index >= 15 is 0 Å². The molecule has 0 aliphatic carbocycles. The third-order valence-electron chi connectivity index (χ3n) is 3.37. The molecular formula is C17H21NO2. The molecule has 0 unspecified atom stereocenters. The van der Waals surface area contributed by atoms with Gasteiger partial charge in [-0.15, -0.1) is 5.48 Å². The van der Waals surface area contributed by atoms with Crippen molar-refractivity contribution >= 4 is 17.1 Å². The van der Waals surface area contributed by atoms with Gasteiger partial charge in [0, 0.05) is 5.39 Å². The Morgan fingerprint density at radius 1 is 1.10 bits per heavy atom. The summed E-state index contributed by atoms with van der Waals surface area (Å²) in [5.74, 6) is 0.765. The van der Waals surface area contributed by atoms with E-state index < -0.39 is 0 Å². The van der Waals surface area contributed by atoms with Crippen LogP contribution in [0.15, 0.2) is 36.4 Å². The van der Waals surface area contributed by atoms with Gasteiger partial charge >= 0.3 is 0 Å². The molecular weight excluding hydrogens is 250 g/mol. The molecule has 1 N–H and O–H groups in total. The highest BCUT2D eigenvalue weighted by Gasteiger charge is 2.06. The number of hydrogen-bond acceptors (Lipinski definition) is 3.